The van der Waals surface area contributed by atoms with Crippen LogP contribution in [0.5, 0.6) is 5.75 Å². The van der Waals surface area contributed by atoms with Crippen molar-refractivity contribution in [3.05, 3.63) is 65.2 Å². The fraction of sp³-hybridized carbons (Fsp3) is 0.167. The molecule has 0 heterocycles. The number of hydrogen-bond donors (Lipinski definition) is 1. The fourth-order valence-electron chi connectivity index (χ4n) is 2.20. The first kappa shape index (κ1) is 16.4. The molecule has 118 valence electrons. The highest BCUT2D eigenvalue weighted by Crippen LogP contribution is 2.17. The minimum atomic E-state index is -1.59. The molecule has 0 radical (unpaired) electrons. The van der Waals surface area contributed by atoms with E-state index in [1.807, 2.05) is 30.3 Å². The maximum absolute atomic E-state index is 12.0. The van der Waals surface area contributed by atoms with Gasteiger partial charge in [-0.15, -0.1) is 0 Å². The van der Waals surface area contributed by atoms with Crippen molar-refractivity contribution in [2.75, 3.05) is 7.11 Å². The quantitative estimate of drug-likeness (QED) is 0.483. The molecule has 2 aromatic carbocycles. The molecule has 0 fully saturated rings. The second-order valence-electron chi connectivity index (χ2n) is 5.06. The van der Waals surface area contributed by atoms with Crippen LogP contribution in [0.4, 0.5) is 0 Å². The van der Waals surface area contributed by atoms with E-state index in [1.54, 1.807) is 25.3 Å². The molecule has 0 spiro atoms. The summed E-state index contributed by atoms with van der Waals surface area (Å²) in [6.45, 7) is 0. The van der Waals surface area contributed by atoms with Crippen LogP contribution in [0.15, 0.2) is 48.5 Å². The van der Waals surface area contributed by atoms with Crippen molar-refractivity contribution in [2.45, 2.75) is 12.8 Å². The monoisotopic (exact) mass is 312 g/mol. The topological polar surface area (TPSA) is 80.7 Å². The van der Waals surface area contributed by atoms with Gasteiger partial charge in [0.05, 0.1) is 13.5 Å². The summed E-state index contributed by atoms with van der Waals surface area (Å²) in [4.78, 5) is 33.6. The van der Waals surface area contributed by atoms with Gasteiger partial charge in [0.25, 0.3) is 0 Å². The molecule has 5 nitrogen and oxygen atoms in total. The van der Waals surface area contributed by atoms with Gasteiger partial charge in [-0.3, -0.25) is 9.59 Å². The van der Waals surface area contributed by atoms with Gasteiger partial charge in [-0.2, -0.15) is 0 Å². The first-order chi connectivity index (χ1) is 11.0. The molecule has 0 bridgehead atoms. The lowest BCUT2D eigenvalue weighted by molar-refractivity contribution is -0.148. The zero-order valence-electron chi connectivity index (χ0n) is 12.6. The number of hydrogen-bond acceptors (Lipinski definition) is 4. The molecule has 0 amide bonds. The van der Waals surface area contributed by atoms with Crippen LogP contribution in [0.25, 0.3) is 0 Å². The minimum absolute atomic E-state index is 0.333. The summed E-state index contributed by atoms with van der Waals surface area (Å²) < 4.78 is 5.17. The second-order valence-corrected chi connectivity index (χ2v) is 5.06. The van der Waals surface area contributed by atoms with E-state index in [9.17, 15) is 14.4 Å². The molecule has 2 aromatic rings. The number of carbonyl (C=O) groups excluding carboxylic acids is 2. The van der Waals surface area contributed by atoms with E-state index in [4.69, 9.17) is 9.84 Å². The second kappa shape index (κ2) is 7.35. The Morgan fingerprint density at radius 3 is 2.30 bits per heavy atom. The van der Waals surface area contributed by atoms with E-state index >= 15 is 0 Å². The largest absolute Gasteiger partial charge is 0.497 e. The van der Waals surface area contributed by atoms with Crippen molar-refractivity contribution in [2.24, 2.45) is 0 Å². The van der Waals surface area contributed by atoms with E-state index in [-0.39, 0.29) is 0 Å². The van der Waals surface area contributed by atoms with Crippen LogP contribution in [0, 0.1) is 0 Å². The summed E-state index contributed by atoms with van der Waals surface area (Å²) in [5.41, 5.74) is 2.25. The molecule has 0 aromatic heterocycles. The van der Waals surface area contributed by atoms with Crippen molar-refractivity contribution in [1.29, 1.82) is 0 Å². The van der Waals surface area contributed by atoms with Gasteiger partial charge in [0.15, 0.2) is 5.78 Å². The van der Waals surface area contributed by atoms with Crippen LogP contribution in [0.3, 0.4) is 0 Å². The minimum Gasteiger partial charge on any atom is -0.497 e. The molecule has 0 aliphatic heterocycles. The number of carbonyl (C=O) groups is 3. The zero-order chi connectivity index (χ0) is 16.8. The standard InChI is InChI=1S/C18H16O5/c1-23-15-7-3-5-13(10-15)8-12-4-2-6-14(9-12)16(19)11-17(20)18(21)22/h2-7,9-10H,8,11H2,1H3,(H,21,22). The number of ketones is 2. The summed E-state index contributed by atoms with van der Waals surface area (Å²) in [7, 11) is 1.60. The van der Waals surface area contributed by atoms with Gasteiger partial charge in [-0.25, -0.2) is 4.79 Å². The number of rotatable bonds is 7. The van der Waals surface area contributed by atoms with Crippen LogP contribution in [0.1, 0.15) is 27.9 Å². The molecule has 0 aliphatic carbocycles. The molecule has 0 saturated carbocycles. The number of ether oxygens (including phenoxy) is 1. The van der Waals surface area contributed by atoms with E-state index in [2.05, 4.69) is 0 Å². The maximum atomic E-state index is 12.0. The van der Waals surface area contributed by atoms with E-state index < -0.39 is 24.0 Å². The smallest absolute Gasteiger partial charge is 0.372 e. The fourth-order valence-corrected chi connectivity index (χ4v) is 2.20. The van der Waals surface area contributed by atoms with Crippen LogP contribution in [0.2, 0.25) is 0 Å². The third kappa shape index (κ3) is 4.51. The number of carboxylic acids is 1. The van der Waals surface area contributed by atoms with Crippen LogP contribution in [-0.2, 0) is 16.0 Å². The molecule has 23 heavy (non-hydrogen) atoms. The Morgan fingerprint density at radius 1 is 1.00 bits per heavy atom. The van der Waals surface area contributed by atoms with Crippen molar-refractivity contribution in [1.82, 2.24) is 0 Å². The van der Waals surface area contributed by atoms with Crippen molar-refractivity contribution in [3.63, 3.8) is 0 Å². The number of methoxy groups -OCH3 is 1. The van der Waals surface area contributed by atoms with Gasteiger partial charge in [-0.05, 0) is 35.7 Å². The normalized spacial score (nSPS) is 10.1. The molecular formula is C18H16O5. The molecule has 2 rings (SSSR count). The Hall–Kier alpha value is -2.95. The highest BCUT2D eigenvalue weighted by molar-refractivity contribution is 6.37. The van der Waals surface area contributed by atoms with Crippen LogP contribution in [-0.4, -0.2) is 29.8 Å². The number of aliphatic carboxylic acids is 1. The van der Waals surface area contributed by atoms with E-state index in [1.165, 1.54) is 0 Å². The molecule has 0 saturated heterocycles. The molecule has 0 unspecified atom stereocenters. The predicted molar refractivity (Wildman–Crippen MR) is 83.8 cm³/mol. The Morgan fingerprint density at radius 2 is 1.65 bits per heavy atom. The maximum Gasteiger partial charge on any atom is 0.372 e. The number of Topliss-reactive ketones (excluding diaryl/α,β-unsaturated/α-hetero) is 2. The highest BCUT2D eigenvalue weighted by Gasteiger charge is 2.17. The SMILES string of the molecule is COc1cccc(Cc2cccc(C(=O)CC(=O)C(=O)O)c2)c1. The Balaban J connectivity index is 2.14. The van der Waals surface area contributed by atoms with Gasteiger partial charge < -0.3 is 9.84 Å². The van der Waals surface area contributed by atoms with E-state index in [0.717, 1.165) is 16.9 Å². The summed E-state index contributed by atoms with van der Waals surface area (Å²) in [5, 5.41) is 8.56. The Kier molecular flexibility index (Phi) is 5.25. The number of carboxylic acid groups (broad SMARTS) is 1. The van der Waals surface area contributed by atoms with Gasteiger partial charge in [0.1, 0.15) is 5.75 Å². The van der Waals surface area contributed by atoms with Gasteiger partial charge >= 0.3 is 5.97 Å². The first-order valence-corrected chi connectivity index (χ1v) is 7.01. The Bertz CT molecular complexity index is 749. The molecular weight excluding hydrogens is 296 g/mol. The van der Waals surface area contributed by atoms with Crippen molar-refractivity contribution >= 4 is 17.5 Å². The lowest BCUT2D eigenvalue weighted by Gasteiger charge is -2.06. The number of benzene rings is 2. The average Bonchev–Trinajstić information content (AvgIpc) is 2.55. The first-order valence-electron chi connectivity index (χ1n) is 7.01. The molecule has 5 heteroatoms. The zero-order valence-corrected chi connectivity index (χ0v) is 12.6. The predicted octanol–water partition coefficient (Wildman–Crippen LogP) is 2.51. The van der Waals surface area contributed by atoms with E-state index in [0.29, 0.717) is 12.0 Å². The van der Waals surface area contributed by atoms with Gasteiger partial charge in [-0.1, -0.05) is 30.3 Å². The third-order valence-corrected chi connectivity index (χ3v) is 3.35. The lowest BCUT2D eigenvalue weighted by Crippen LogP contribution is -2.17. The summed E-state index contributed by atoms with van der Waals surface area (Å²) in [5.74, 6) is -2.44. The van der Waals surface area contributed by atoms with Gasteiger partial charge in [0.2, 0.25) is 5.78 Å². The average molecular weight is 312 g/mol. The van der Waals surface area contributed by atoms with Crippen molar-refractivity contribution < 1.29 is 24.2 Å². The van der Waals surface area contributed by atoms with Gasteiger partial charge in [0, 0.05) is 5.56 Å². The lowest BCUT2D eigenvalue weighted by atomic mass is 9.99. The summed E-state index contributed by atoms with van der Waals surface area (Å²) in [6, 6.07) is 14.4. The summed E-state index contributed by atoms with van der Waals surface area (Å²) in [6.07, 6.45) is -0.0247. The molecule has 0 aliphatic rings. The Labute approximate surface area is 133 Å². The molecule has 0 atom stereocenters. The third-order valence-electron chi connectivity index (χ3n) is 3.35. The molecule has 1 N–H and O–H groups in total. The van der Waals surface area contributed by atoms with Crippen LogP contribution >= 0.6 is 0 Å². The van der Waals surface area contributed by atoms with Crippen LogP contribution < -0.4 is 4.74 Å². The summed E-state index contributed by atoms with van der Waals surface area (Å²) >= 11 is 0. The van der Waals surface area contributed by atoms with Crippen molar-refractivity contribution in [3.8, 4) is 5.75 Å². The highest BCUT2D eigenvalue weighted by atomic mass is 16.5.